The fourth-order valence-electron chi connectivity index (χ4n) is 2.74. The summed E-state index contributed by atoms with van der Waals surface area (Å²) in [5.41, 5.74) is 2.41. The van der Waals surface area contributed by atoms with Gasteiger partial charge in [-0.2, -0.15) is 5.10 Å². The molecule has 1 aliphatic rings. The van der Waals surface area contributed by atoms with Crippen molar-refractivity contribution in [1.29, 1.82) is 0 Å². The smallest absolute Gasteiger partial charge is 0.239 e. The van der Waals surface area contributed by atoms with Crippen LogP contribution in [-0.4, -0.2) is 52.2 Å². The second kappa shape index (κ2) is 7.00. The third kappa shape index (κ3) is 3.66. The Morgan fingerprint density at radius 2 is 2.17 bits per heavy atom. The van der Waals surface area contributed by atoms with Crippen molar-refractivity contribution < 1.29 is 9.53 Å². The van der Waals surface area contributed by atoms with Gasteiger partial charge in [-0.05, 0) is 38.8 Å². The molecule has 8 heteroatoms. The maximum Gasteiger partial charge on any atom is 0.239 e. The summed E-state index contributed by atoms with van der Waals surface area (Å²) < 4.78 is 5.73. The topological polar surface area (TPSA) is 83.1 Å². The monoisotopic (exact) mass is 349 g/mol. The lowest BCUT2D eigenvalue weighted by Gasteiger charge is -2.30. The van der Waals surface area contributed by atoms with E-state index in [1.165, 1.54) is 10.4 Å². The molecule has 7 nitrogen and oxygen atoms in total. The molecule has 3 heterocycles. The lowest BCUT2D eigenvalue weighted by molar-refractivity contribution is -0.119. The van der Waals surface area contributed by atoms with Crippen LogP contribution >= 0.6 is 11.3 Å². The molecule has 3 rings (SSSR count). The summed E-state index contributed by atoms with van der Waals surface area (Å²) in [6, 6.07) is 0. The van der Waals surface area contributed by atoms with E-state index in [9.17, 15) is 4.79 Å². The van der Waals surface area contributed by atoms with Crippen LogP contribution in [0.25, 0.3) is 0 Å². The first-order valence-corrected chi connectivity index (χ1v) is 8.85. The number of aromatic nitrogens is 3. The third-order valence-corrected chi connectivity index (χ3v) is 5.58. The lowest BCUT2D eigenvalue weighted by Crippen LogP contribution is -2.42. The van der Waals surface area contributed by atoms with E-state index in [0.717, 1.165) is 22.9 Å². The van der Waals surface area contributed by atoms with Crippen LogP contribution in [0.4, 0.5) is 5.00 Å². The van der Waals surface area contributed by atoms with Gasteiger partial charge < -0.3 is 10.1 Å². The minimum atomic E-state index is -0.190. The number of amides is 1. The van der Waals surface area contributed by atoms with Crippen LogP contribution in [0.15, 0.2) is 0 Å². The minimum absolute atomic E-state index is 0.00571. The Bertz CT molecular complexity index is 739. The molecule has 130 valence electrons. The molecule has 1 atom stereocenters. The van der Waals surface area contributed by atoms with E-state index in [2.05, 4.69) is 39.2 Å². The number of aromatic amines is 1. The molecule has 0 aliphatic carbocycles. The van der Waals surface area contributed by atoms with Gasteiger partial charge in [0.15, 0.2) is 5.82 Å². The summed E-state index contributed by atoms with van der Waals surface area (Å²) in [5.74, 6) is 1.42. The fourth-order valence-corrected chi connectivity index (χ4v) is 3.82. The minimum Gasteiger partial charge on any atom is -0.367 e. The van der Waals surface area contributed by atoms with Crippen LogP contribution in [0.2, 0.25) is 0 Å². The number of morpholine rings is 1. The predicted molar refractivity (Wildman–Crippen MR) is 93.4 cm³/mol. The molecule has 0 saturated carbocycles. The normalized spacial score (nSPS) is 18.8. The summed E-state index contributed by atoms with van der Waals surface area (Å²) >= 11 is 1.63. The standard InChI is InChI=1S/C16H23N5O2S/c1-9-10(2)16(24-11(9)3)18-14(22)8-21-5-6-23-13(7-21)15-17-12(4)19-20-15/h13H,5-8H2,1-4H3,(H,18,22)(H,17,19,20)/t13-/m1/s1. The van der Waals surface area contributed by atoms with Gasteiger partial charge in [-0.25, -0.2) is 4.98 Å². The number of thiophene rings is 1. The van der Waals surface area contributed by atoms with E-state index in [1.807, 2.05) is 13.8 Å². The highest BCUT2D eigenvalue weighted by molar-refractivity contribution is 7.16. The van der Waals surface area contributed by atoms with Crippen LogP contribution in [0, 0.1) is 27.7 Å². The SMILES string of the molecule is Cc1nc([C@H]2CN(CC(=O)Nc3sc(C)c(C)c3C)CCO2)n[nH]1. The van der Waals surface area contributed by atoms with E-state index in [4.69, 9.17) is 4.74 Å². The van der Waals surface area contributed by atoms with Crippen LogP contribution in [0.5, 0.6) is 0 Å². The summed E-state index contributed by atoms with van der Waals surface area (Å²) in [7, 11) is 0. The van der Waals surface area contributed by atoms with Crippen molar-refractivity contribution in [2.45, 2.75) is 33.8 Å². The molecule has 0 unspecified atom stereocenters. The zero-order chi connectivity index (χ0) is 17.3. The van der Waals surface area contributed by atoms with Crippen LogP contribution in [0.1, 0.15) is 33.8 Å². The Balaban J connectivity index is 1.58. The van der Waals surface area contributed by atoms with Gasteiger partial charge in [0.1, 0.15) is 11.9 Å². The summed E-state index contributed by atoms with van der Waals surface area (Å²) in [6.07, 6.45) is -0.190. The number of hydrogen-bond acceptors (Lipinski definition) is 6. The maximum absolute atomic E-state index is 12.4. The first-order chi connectivity index (χ1) is 11.4. The number of aryl methyl sites for hydroxylation is 2. The summed E-state index contributed by atoms with van der Waals surface area (Å²) in [5, 5.41) is 11.0. The molecule has 1 amide bonds. The number of ether oxygens (including phenoxy) is 1. The van der Waals surface area contributed by atoms with Gasteiger partial charge in [-0.1, -0.05) is 0 Å². The van der Waals surface area contributed by atoms with E-state index in [-0.39, 0.29) is 12.0 Å². The zero-order valence-electron chi connectivity index (χ0n) is 14.5. The second-order valence-electron chi connectivity index (χ2n) is 6.16. The molecule has 24 heavy (non-hydrogen) atoms. The number of nitrogens with one attached hydrogen (secondary N) is 2. The first kappa shape index (κ1) is 17.1. The molecule has 0 spiro atoms. The van der Waals surface area contributed by atoms with Crippen molar-refractivity contribution in [3.8, 4) is 0 Å². The van der Waals surface area contributed by atoms with Crippen molar-refractivity contribution in [2.75, 3.05) is 31.6 Å². The largest absolute Gasteiger partial charge is 0.367 e. The van der Waals surface area contributed by atoms with Gasteiger partial charge in [-0.3, -0.25) is 14.8 Å². The van der Waals surface area contributed by atoms with Gasteiger partial charge >= 0.3 is 0 Å². The fraction of sp³-hybridized carbons (Fsp3) is 0.562. The van der Waals surface area contributed by atoms with Gasteiger partial charge in [-0.15, -0.1) is 11.3 Å². The molecule has 1 fully saturated rings. The molecule has 0 aromatic carbocycles. The number of anilines is 1. The Morgan fingerprint density at radius 3 is 2.79 bits per heavy atom. The number of H-pyrrole nitrogens is 1. The molecule has 2 N–H and O–H groups in total. The van der Waals surface area contributed by atoms with Crippen LogP contribution in [-0.2, 0) is 9.53 Å². The van der Waals surface area contributed by atoms with Crippen molar-refractivity contribution in [1.82, 2.24) is 20.1 Å². The molecule has 2 aromatic heterocycles. The molecule has 2 aromatic rings. The number of hydrogen-bond donors (Lipinski definition) is 2. The maximum atomic E-state index is 12.4. The number of carbonyl (C=O) groups excluding carboxylic acids is 1. The third-order valence-electron chi connectivity index (χ3n) is 4.36. The first-order valence-electron chi connectivity index (χ1n) is 8.03. The van der Waals surface area contributed by atoms with Crippen molar-refractivity contribution in [3.63, 3.8) is 0 Å². The highest BCUT2D eigenvalue weighted by atomic mass is 32.1. The van der Waals surface area contributed by atoms with Gasteiger partial charge in [0.25, 0.3) is 0 Å². The zero-order valence-corrected chi connectivity index (χ0v) is 15.3. The van der Waals surface area contributed by atoms with Crippen LogP contribution in [0.3, 0.4) is 0 Å². The molecular weight excluding hydrogens is 326 g/mol. The van der Waals surface area contributed by atoms with Crippen molar-refractivity contribution in [2.24, 2.45) is 0 Å². The highest BCUT2D eigenvalue weighted by Gasteiger charge is 2.26. The van der Waals surface area contributed by atoms with Crippen molar-refractivity contribution >= 4 is 22.2 Å². The molecule has 1 aliphatic heterocycles. The van der Waals surface area contributed by atoms with Gasteiger partial charge in [0, 0.05) is 18.0 Å². The average Bonchev–Trinajstić information content (AvgIpc) is 3.08. The van der Waals surface area contributed by atoms with Crippen LogP contribution < -0.4 is 5.32 Å². The highest BCUT2D eigenvalue weighted by Crippen LogP contribution is 2.31. The Labute approximate surface area is 145 Å². The second-order valence-corrected chi connectivity index (χ2v) is 7.38. The Morgan fingerprint density at radius 1 is 1.38 bits per heavy atom. The van der Waals surface area contributed by atoms with Gasteiger partial charge in [0.05, 0.1) is 18.2 Å². The van der Waals surface area contributed by atoms with E-state index in [1.54, 1.807) is 11.3 Å². The Kier molecular flexibility index (Phi) is 4.98. The van der Waals surface area contributed by atoms with E-state index < -0.39 is 0 Å². The quantitative estimate of drug-likeness (QED) is 0.883. The Hall–Kier alpha value is -1.77. The number of rotatable bonds is 4. The number of carbonyl (C=O) groups is 1. The lowest BCUT2D eigenvalue weighted by atomic mass is 10.2. The summed E-state index contributed by atoms with van der Waals surface area (Å²) in [4.78, 5) is 20.0. The van der Waals surface area contributed by atoms with Crippen molar-refractivity contribution in [3.05, 3.63) is 27.7 Å². The molecule has 0 radical (unpaired) electrons. The van der Waals surface area contributed by atoms with E-state index in [0.29, 0.717) is 25.5 Å². The predicted octanol–water partition coefficient (Wildman–Crippen LogP) is 2.11. The molecular formula is C16H23N5O2S. The number of nitrogens with zero attached hydrogens (tertiary/aromatic N) is 3. The summed E-state index contributed by atoms with van der Waals surface area (Å²) in [6.45, 7) is 10.3. The van der Waals surface area contributed by atoms with Gasteiger partial charge in [0.2, 0.25) is 5.91 Å². The molecule has 0 bridgehead atoms. The average molecular weight is 349 g/mol. The van der Waals surface area contributed by atoms with E-state index >= 15 is 0 Å². The molecule has 1 saturated heterocycles.